The van der Waals surface area contributed by atoms with Crippen molar-refractivity contribution in [3.05, 3.63) is 95.3 Å². The van der Waals surface area contributed by atoms with E-state index in [2.05, 4.69) is 23.6 Å². The van der Waals surface area contributed by atoms with Crippen LogP contribution in [-0.4, -0.2) is 32.5 Å². The van der Waals surface area contributed by atoms with Gasteiger partial charge in [0.2, 0.25) is 5.91 Å². The highest BCUT2D eigenvalue weighted by atomic mass is 16.2. The largest absolute Gasteiger partial charge is 0.324 e. The molecule has 1 aliphatic heterocycles. The minimum Gasteiger partial charge on any atom is -0.324 e. The monoisotopic (exact) mass is 465 g/mol. The highest BCUT2D eigenvalue weighted by Gasteiger charge is 2.28. The number of rotatable bonds is 7. The molecule has 0 radical (unpaired) electrons. The Bertz CT molecular complexity index is 1310. The summed E-state index contributed by atoms with van der Waals surface area (Å²) in [4.78, 5) is 28.3. The van der Waals surface area contributed by atoms with Crippen LogP contribution in [0.2, 0.25) is 0 Å². The molecule has 4 rings (SSSR count). The minimum absolute atomic E-state index is 0.138. The van der Waals surface area contributed by atoms with Crippen molar-refractivity contribution < 1.29 is 9.59 Å². The van der Waals surface area contributed by atoms with Crippen LogP contribution in [0.25, 0.3) is 0 Å². The van der Waals surface area contributed by atoms with Gasteiger partial charge in [0.05, 0.1) is 23.0 Å². The molecule has 2 unspecified atom stereocenters. The Balaban J connectivity index is 1.52. The quantitative estimate of drug-likeness (QED) is 0.509. The van der Waals surface area contributed by atoms with Crippen molar-refractivity contribution in [2.24, 2.45) is 0 Å². The maximum absolute atomic E-state index is 13.4. The van der Waals surface area contributed by atoms with Crippen molar-refractivity contribution in [1.82, 2.24) is 5.32 Å². The van der Waals surface area contributed by atoms with E-state index >= 15 is 0 Å². The van der Waals surface area contributed by atoms with Crippen LogP contribution < -0.4 is 20.4 Å². The Labute approximate surface area is 205 Å². The zero-order valence-electron chi connectivity index (χ0n) is 19.9. The molecule has 0 aliphatic carbocycles. The second-order valence-electron chi connectivity index (χ2n) is 8.62. The van der Waals surface area contributed by atoms with Crippen LogP contribution in [-0.2, 0) is 9.59 Å². The molecule has 176 valence electrons. The Kier molecular flexibility index (Phi) is 6.98. The zero-order chi connectivity index (χ0) is 24.9. The average molecular weight is 466 g/mol. The van der Waals surface area contributed by atoms with E-state index in [1.165, 1.54) is 0 Å². The van der Waals surface area contributed by atoms with Gasteiger partial charge in [0.25, 0.3) is 0 Å². The molecule has 3 aromatic carbocycles. The second kappa shape index (κ2) is 10.3. The van der Waals surface area contributed by atoms with Crippen LogP contribution in [0, 0.1) is 11.3 Å². The lowest BCUT2D eigenvalue weighted by atomic mass is 9.98. The van der Waals surface area contributed by atoms with Gasteiger partial charge in [-0.05, 0) is 47.4 Å². The van der Waals surface area contributed by atoms with Crippen molar-refractivity contribution in [2.45, 2.75) is 18.9 Å². The highest BCUT2D eigenvalue weighted by Crippen LogP contribution is 2.40. The van der Waals surface area contributed by atoms with Gasteiger partial charge in [-0.2, -0.15) is 5.26 Å². The van der Waals surface area contributed by atoms with E-state index in [0.29, 0.717) is 23.6 Å². The minimum atomic E-state index is -0.559. The van der Waals surface area contributed by atoms with E-state index in [0.717, 1.165) is 22.5 Å². The topological polar surface area (TPSA) is 88.5 Å². The molecule has 0 spiro atoms. The Morgan fingerprint density at radius 3 is 2.29 bits per heavy atom. The smallest absolute Gasteiger partial charge is 0.246 e. The van der Waals surface area contributed by atoms with Crippen LogP contribution in [0.15, 0.2) is 78.6 Å². The first-order valence-electron chi connectivity index (χ1n) is 11.4. The number of carbonyl (C=O) groups excluding carboxylic acids is 2. The van der Waals surface area contributed by atoms with E-state index in [-0.39, 0.29) is 11.8 Å². The summed E-state index contributed by atoms with van der Waals surface area (Å²) in [5.74, 6) is 2.34. The van der Waals surface area contributed by atoms with Gasteiger partial charge in [-0.1, -0.05) is 49.4 Å². The fourth-order valence-corrected chi connectivity index (χ4v) is 4.26. The number of hydrogen-bond acceptors (Lipinski definition) is 6. The first-order chi connectivity index (χ1) is 16.9. The first kappa shape index (κ1) is 23.8. The summed E-state index contributed by atoms with van der Waals surface area (Å²) >= 11 is 0. The summed E-state index contributed by atoms with van der Waals surface area (Å²) in [6, 6.07) is 24.2. The number of anilines is 3. The Morgan fingerprint density at radius 2 is 1.63 bits per heavy atom. The fourth-order valence-electron chi connectivity index (χ4n) is 4.26. The normalized spacial score (nSPS) is 14.1. The maximum atomic E-state index is 13.4. The van der Waals surface area contributed by atoms with Gasteiger partial charge in [-0.15, -0.1) is 0 Å². The fraction of sp³-hybridized carbons (Fsp3) is 0.214. The zero-order valence-corrected chi connectivity index (χ0v) is 19.9. The number of nitrogens with zero attached hydrogens (tertiary/aromatic N) is 3. The van der Waals surface area contributed by atoms with Gasteiger partial charge in [-0.3, -0.25) is 4.79 Å². The van der Waals surface area contributed by atoms with Crippen LogP contribution >= 0.6 is 0 Å². The summed E-state index contributed by atoms with van der Waals surface area (Å²) in [5, 5.41) is 15.5. The molecule has 3 aromatic rings. The predicted octanol–water partition coefficient (Wildman–Crippen LogP) is 4.19. The molecule has 1 amide bonds. The lowest BCUT2D eigenvalue weighted by molar-refractivity contribution is -0.118. The molecule has 2 N–H and O–H groups in total. The number of benzene rings is 3. The standard InChI is InChI=1S/C28H27N5O2/c1-19(21-11-9-20(16-29)10-12-21)17-30-27(22-7-5-4-6-8-22)28(35)31-23-13-14-24-25(15-23)33(3)26(18-34)32(24)2/h4-15,19,27,30H,17H2,1-3H3,(H,31,35). The Morgan fingerprint density at radius 1 is 0.943 bits per heavy atom. The second-order valence-corrected chi connectivity index (χ2v) is 8.62. The number of fused-ring (bicyclic) bond motifs is 1. The third kappa shape index (κ3) is 4.95. The van der Waals surface area contributed by atoms with Gasteiger partial charge >= 0.3 is 0 Å². The SMILES string of the molecule is CC(CNC(C(=O)Nc1ccc2c(c1)N(C)C(=C=O)N2C)c1ccccc1)c1ccc(C#N)cc1. The van der Waals surface area contributed by atoms with Crippen molar-refractivity contribution in [2.75, 3.05) is 35.8 Å². The maximum Gasteiger partial charge on any atom is 0.246 e. The summed E-state index contributed by atoms with van der Waals surface area (Å²) in [6.45, 7) is 2.66. The van der Waals surface area contributed by atoms with Crippen LogP contribution in [0.5, 0.6) is 0 Å². The summed E-state index contributed by atoms with van der Waals surface area (Å²) in [6.07, 6.45) is 0. The molecule has 0 saturated carbocycles. The first-order valence-corrected chi connectivity index (χ1v) is 11.4. The average Bonchev–Trinajstić information content (AvgIpc) is 3.13. The van der Waals surface area contributed by atoms with Gasteiger partial charge in [0.1, 0.15) is 6.04 Å². The summed E-state index contributed by atoms with van der Waals surface area (Å²) < 4.78 is 0. The molecular formula is C28H27N5O2. The number of nitriles is 1. The van der Waals surface area contributed by atoms with E-state index in [9.17, 15) is 9.59 Å². The molecule has 2 atom stereocenters. The molecule has 0 saturated heterocycles. The molecule has 7 heteroatoms. The lowest BCUT2D eigenvalue weighted by Crippen LogP contribution is -2.35. The van der Waals surface area contributed by atoms with Gasteiger partial charge in [0, 0.05) is 26.3 Å². The third-order valence-corrected chi connectivity index (χ3v) is 6.32. The van der Waals surface area contributed by atoms with Crippen LogP contribution in [0.1, 0.15) is 35.6 Å². The van der Waals surface area contributed by atoms with E-state index in [1.54, 1.807) is 29.0 Å². The van der Waals surface area contributed by atoms with E-state index in [4.69, 9.17) is 5.26 Å². The van der Waals surface area contributed by atoms with Crippen molar-refractivity contribution in [1.29, 1.82) is 5.26 Å². The van der Waals surface area contributed by atoms with Crippen molar-refractivity contribution in [3.8, 4) is 6.07 Å². The molecule has 35 heavy (non-hydrogen) atoms. The number of nitrogens with one attached hydrogen (secondary N) is 2. The molecular weight excluding hydrogens is 438 g/mol. The van der Waals surface area contributed by atoms with E-state index in [1.807, 2.05) is 73.7 Å². The van der Waals surface area contributed by atoms with Crippen molar-refractivity contribution >= 4 is 28.9 Å². The molecule has 0 aromatic heterocycles. The van der Waals surface area contributed by atoms with Crippen LogP contribution in [0.3, 0.4) is 0 Å². The predicted molar refractivity (Wildman–Crippen MR) is 138 cm³/mol. The van der Waals surface area contributed by atoms with E-state index < -0.39 is 6.04 Å². The van der Waals surface area contributed by atoms with Gasteiger partial charge in [-0.25, -0.2) is 4.79 Å². The number of hydrogen-bond donors (Lipinski definition) is 2. The lowest BCUT2D eigenvalue weighted by Gasteiger charge is -2.22. The molecule has 0 fully saturated rings. The summed E-state index contributed by atoms with van der Waals surface area (Å²) in [5.41, 5.74) is 4.91. The molecule has 0 bridgehead atoms. The number of amides is 1. The van der Waals surface area contributed by atoms with Gasteiger partial charge in [0.15, 0.2) is 11.8 Å². The third-order valence-electron chi connectivity index (χ3n) is 6.32. The molecule has 1 heterocycles. The highest BCUT2D eigenvalue weighted by molar-refractivity contribution is 5.97. The molecule has 7 nitrogen and oxygen atoms in total. The number of carbonyl (C=O) groups is 1. The van der Waals surface area contributed by atoms with Gasteiger partial charge < -0.3 is 20.4 Å². The summed E-state index contributed by atoms with van der Waals surface area (Å²) in [7, 11) is 3.61. The molecule has 1 aliphatic rings. The Hall–Kier alpha value is -4.37. The van der Waals surface area contributed by atoms with Crippen LogP contribution in [0.4, 0.5) is 17.1 Å². The van der Waals surface area contributed by atoms with Crippen molar-refractivity contribution in [3.63, 3.8) is 0 Å².